The first-order valence-corrected chi connectivity index (χ1v) is 9.20. The molecule has 2 heterocycles. The van der Waals surface area contributed by atoms with Crippen LogP contribution in [0.4, 0.5) is 5.69 Å². The molecule has 1 aliphatic rings. The molecule has 2 aromatic carbocycles. The van der Waals surface area contributed by atoms with Crippen LogP contribution in [0.1, 0.15) is 26.3 Å². The van der Waals surface area contributed by atoms with E-state index in [2.05, 4.69) is 53.6 Å². The number of fused-ring (bicyclic) bond motifs is 2. The lowest BCUT2D eigenvalue weighted by Gasteiger charge is -2.23. The Morgan fingerprint density at radius 2 is 1.84 bits per heavy atom. The summed E-state index contributed by atoms with van der Waals surface area (Å²) >= 11 is 2.19. The summed E-state index contributed by atoms with van der Waals surface area (Å²) in [5, 5.41) is 22.3. The average molecular weight is 443 g/mol. The number of azo groups is 1. The lowest BCUT2D eigenvalue weighted by molar-refractivity contribution is 0.334. The maximum absolute atomic E-state index is 10.9. The largest absolute Gasteiger partial charge is 0.494 e. The second kappa shape index (κ2) is 5.69. The minimum atomic E-state index is -0.215. The molecule has 0 radical (unpaired) electrons. The molecule has 5 heteroatoms. The summed E-state index contributed by atoms with van der Waals surface area (Å²) in [6, 6.07) is 14.2. The van der Waals surface area contributed by atoms with Gasteiger partial charge in [0.25, 0.3) is 0 Å². The summed E-state index contributed by atoms with van der Waals surface area (Å²) in [6.45, 7) is 6.28. The second-order valence-corrected chi connectivity index (χ2v) is 8.19. The van der Waals surface area contributed by atoms with Gasteiger partial charge in [-0.05, 0) is 72.9 Å². The molecule has 1 aromatic heterocycles. The molecule has 0 atom stereocenters. The lowest BCUT2D eigenvalue weighted by atomic mass is 10.1. The van der Waals surface area contributed by atoms with Crippen molar-refractivity contribution in [1.82, 2.24) is 4.57 Å². The van der Waals surface area contributed by atoms with Gasteiger partial charge in [-0.2, -0.15) is 0 Å². The molecule has 4 rings (SSSR count). The fraction of sp³-hybridized carbons (Fsp3) is 0.200. The highest BCUT2D eigenvalue weighted by Crippen LogP contribution is 2.36. The van der Waals surface area contributed by atoms with Gasteiger partial charge >= 0.3 is 0 Å². The summed E-state index contributed by atoms with van der Waals surface area (Å²) < 4.78 is 2.89. The Balaban J connectivity index is 2.01. The Hall–Kier alpha value is -2.15. The van der Waals surface area contributed by atoms with Crippen LogP contribution in [0.3, 0.4) is 0 Å². The molecule has 0 amide bonds. The molecule has 25 heavy (non-hydrogen) atoms. The topological polar surface area (TPSA) is 49.9 Å². The lowest BCUT2D eigenvalue weighted by Crippen LogP contribution is -2.20. The van der Waals surface area contributed by atoms with Gasteiger partial charge < -0.3 is 9.67 Å². The number of nitrogens with zero attached hydrogens (tertiary/aromatic N) is 3. The highest BCUT2D eigenvalue weighted by atomic mass is 127. The van der Waals surface area contributed by atoms with Crippen LogP contribution in [0.25, 0.3) is 20.7 Å². The van der Waals surface area contributed by atoms with E-state index in [1.807, 2.05) is 53.1 Å². The van der Waals surface area contributed by atoms with Crippen molar-refractivity contribution in [2.75, 3.05) is 0 Å². The molecule has 0 spiro atoms. The van der Waals surface area contributed by atoms with Crippen molar-refractivity contribution in [3.8, 4) is 5.88 Å². The van der Waals surface area contributed by atoms with E-state index in [4.69, 9.17) is 0 Å². The molecule has 0 bridgehead atoms. The van der Waals surface area contributed by atoms with Crippen molar-refractivity contribution >= 4 is 49.0 Å². The SMILES string of the molecule is CC(C)(C)n1c(O)c(C=c2ccc3c(c2)N=NC=3I)c2ccccc21. The summed E-state index contributed by atoms with van der Waals surface area (Å²) in [5.74, 6) is 0.289. The normalized spacial score (nSPS) is 14.6. The zero-order valence-corrected chi connectivity index (χ0v) is 16.4. The average Bonchev–Trinajstić information content (AvgIpc) is 3.06. The van der Waals surface area contributed by atoms with Gasteiger partial charge in [-0.1, -0.05) is 24.3 Å². The van der Waals surface area contributed by atoms with Crippen molar-refractivity contribution in [1.29, 1.82) is 0 Å². The van der Waals surface area contributed by atoms with Gasteiger partial charge in [-0.15, -0.1) is 10.2 Å². The Bertz CT molecular complexity index is 1150. The Labute approximate surface area is 159 Å². The van der Waals surface area contributed by atoms with E-state index >= 15 is 0 Å². The number of aromatic hydroxyl groups is 1. The maximum Gasteiger partial charge on any atom is 0.200 e. The van der Waals surface area contributed by atoms with Crippen molar-refractivity contribution in [2.45, 2.75) is 26.3 Å². The molecule has 0 saturated carbocycles. The first-order valence-electron chi connectivity index (χ1n) is 8.12. The molecule has 126 valence electrons. The summed E-state index contributed by atoms with van der Waals surface area (Å²) in [7, 11) is 0. The maximum atomic E-state index is 10.9. The summed E-state index contributed by atoms with van der Waals surface area (Å²) in [6.07, 6.45) is 2.01. The standard InChI is InChI=1S/C20H18IN3O/c1-20(2,3)24-17-7-5-4-6-13(17)15(19(24)25)10-12-8-9-14-16(11-12)22-23-18(14)21/h4-11,25H,1-3H3. The number of halogens is 1. The van der Waals surface area contributed by atoms with Crippen LogP contribution in [0.15, 0.2) is 52.7 Å². The summed E-state index contributed by atoms with van der Waals surface area (Å²) in [5.41, 5.74) is 2.52. The quantitative estimate of drug-likeness (QED) is 0.436. The van der Waals surface area contributed by atoms with E-state index in [1.165, 1.54) is 0 Å². The van der Waals surface area contributed by atoms with Crippen LogP contribution >= 0.6 is 22.6 Å². The van der Waals surface area contributed by atoms with Gasteiger partial charge in [-0.3, -0.25) is 0 Å². The van der Waals surface area contributed by atoms with Crippen molar-refractivity contribution in [3.05, 3.63) is 58.5 Å². The molecular formula is C20H18IN3O. The van der Waals surface area contributed by atoms with Crippen LogP contribution in [-0.2, 0) is 5.54 Å². The van der Waals surface area contributed by atoms with E-state index in [0.717, 1.165) is 36.3 Å². The van der Waals surface area contributed by atoms with Gasteiger partial charge in [0.15, 0.2) is 5.88 Å². The van der Waals surface area contributed by atoms with Gasteiger partial charge in [-0.25, -0.2) is 0 Å². The number of para-hydroxylation sites is 1. The molecule has 1 aliphatic heterocycles. The zero-order chi connectivity index (χ0) is 17.8. The molecule has 0 unspecified atom stereocenters. The van der Waals surface area contributed by atoms with Crippen molar-refractivity contribution in [3.63, 3.8) is 0 Å². The minimum absolute atomic E-state index is 0.215. The van der Waals surface area contributed by atoms with E-state index in [-0.39, 0.29) is 11.4 Å². The Morgan fingerprint density at radius 3 is 2.60 bits per heavy atom. The second-order valence-electron chi connectivity index (χ2n) is 7.17. The fourth-order valence-electron chi connectivity index (χ4n) is 3.29. The van der Waals surface area contributed by atoms with Crippen LogP contribution in [0.2, 0.25) is 0 Å². The van der Waals surface area contributed by atoms with Gasteiger partial charge in [0.05, 0.1) is 11.2 Å². The third-order valence-corrected chi connectivity index (χ3v) is 5.16. The first kappa shape index (κ1) is 16.3. The molecule has 0 saturated heterocycles. The van der Waals surface area contributed by atoms with Crippen molar-refractivity contribution in [2.24, 2.45) is 10.2 Å². The Kier molecular flexibility index (Phi) is 3.72. The van der Waals surface area contributed by atoms with Crippen LogP contribution in [0, 0.1) is 0 Å². The Morgan fingerprint density at radius 1 is 1.08 bits per heavy atom. The number of rotatable bonds is 1. The minimum Gasteiger partial charge on any atom is -0.494 e. The van der Waals surface area contributed by atoms with E-state index in [1.54, 1.807) is 0 Å². The molecule has 4 nitrogen and oxygen atoms in total. The first-order chi connectivity index (χ1) is 11.9. The monoisotopic (exact) mass is 443 g/mol. The van der Waals surface area contributed by atoms with Crippen molar-refractivity contribution < 1.29 is 5.11 Å². The van der Waals surface area contributed by atoms with E-state index < -0.39 is 0 Å². The highest BCUT2D eigenvalue weighted by Gasteiger charge is 2.23. The van der Waals surface area contributed by atoms with Crippen LogP contribution in [0.5, 0.6) is 5.88 Å². The number of hydrogen-bond acceptors (Lipinski definition) is 3. The number of benzene rings is 2. The van der Waals surface area contributed by atoms with Gasteiger partial charge in [0.2, 0.25) is 0 Å². The molecule has 0 fully saturated rings. The molecular weight excluding hydrogens is 425 g/mol. The molecule has 1 N–H and O–H groups in total. The third-order valence-electron chi connectivity index (χ3n) is 4.36. The van der Waals surface area contributed by atoms with Crippen LogP contribution in [-0.4, -0.2) is 9.67 Å². The predicted molar refractivity (Wildman–Crippen MR) is 110 cm³/mol. The van der Waals surface area contributed by atoms with Crippen LogP contribution < -0.4 is 10.4 Å². The van der Waals surface area contributed by atoms with E-state index in [9.17, 15) is 5.11 Å². The van der Waals surface area contributed by atoms with Gasteiger partial charge in [0.1, 0.15) is 3.70 Å². The smallest absolute Gasteiger partial charge is 0.200 e. The van der Waals surface area contributed by atoms with E-state index in [0.29, 0.717) is 0 Å². The zero-order valence-electron chi connectivity index (χ0n) is 14.3. The highest BCUT2D eigenvalue weighted by molar-refractivity contribution is 14.1. The number of hydrogen-bond donors (Lipinski definition) is 1. The molecule has 3 aromatic rings. The number of aromatic nitrogens is 1. The summed E-state index contributed by atoms with van der Waals surface area (Å²) in [4.78, 5) is 0. The fourth-order valence-corrected chi connectivity index (χ4v) is 3.85. The predicted octanol–water partition coefficient (Wildman–Crippen LogP) is 4.53. The third kappa shape index (κ3) is 2.66. The molecule has 0 aliphatic carbocycles. The van der Waals surface area contributed by atoms with Gasteiger partial charge in [0, 0.05) is 21.7 Å².